The molecule has 1 fully saturated rings. The summed E-state index contributed by atoms with van der Waals surface area (Å²) < 4.78 is 0. The molecular formula is C17H30N4. The zero-order valence-electron chi connectivity index (χ0n) is 13.8. The summed E-state index contributed by atoms with van der Waals surface area (Å²) in [5.74, 6) is 1.92. The first-order chi connectivity index (χ1) is 10.2. The molecular weight excluding hydrogens is 260 g/mol. The molecule has 2 rings (SSSR count). The Morgan fingerprint density at radius 2 is 2.00 bits per heavy atom. The fraction of sp³-hybridized carbons (Fsp3) is 0.706. The number of anilines is 1. The fourth-order valence-corrected chi connectivity index (χ4v) is 2.91. The summed E-state index contributed by atoms with van der Waals surface area (Å²) in [6.07, 6.45) is 3.09. The standard InChI is InChI=1S/C17H30N4/c1-4-7-18-13-16-6-5-8-19-17(16)21-11-9-20(10-12-21)14-15(2)3/h5-6,8,15,18H,4,7,9-14H2,1-3H3. The van der Waals surface area contributed by atoms with E-state index in [-0.39, 0.29) is 0 Å². The molecule has 4 nitrogen and oxygen atoms in total. The molecule has 118 valence electrons. The minimum Gasteiger partial charge on any atom is -0.354 e. The van der Waals surface area contributed by atoms with Gasteiger partial charge in [0.1, 0.15) is 5.82 Å². The van der Waals surface area contributed by atoms with Gasteiger partial charge in [-0.3, -0.25) is 4.90 Å². The first-order valence-electron chi connectivity index (χ1n) is 8.32. The Hall–Kier alpha value is -1.13. The molecule has 1 aliphatic rings. The Labute approximate surface area is 129 Å². The molecule has 0 unspecified atom stereocenters. The van der Waals surface area contributed by atoms with Crippen LogP contribution >= 0.6 is 0 Å². The molecule has 0 saturated carbocycles. The Bertz CT molecular complexity index is 411. The predicted octanol–water partition coefficient (Wildman–Crippen LogP) is 2.36. The van der Waals surface area contributed by atoms with Crippen molar-refractivity contribution < 1.29 is 0 Å². The molecule has 0 amide bonds. The summed E-state index contributed by atoms with van der Waals surface area (Å²) >= 11 is 0. The highest BCUT2D eigenvalue weighted by Crippen LogP contribution is 2.19. The number of pyridine rings is 1. The molecule has 1 aromatic rings. The van der Waals surface area contributed by atoms with Crippen LogP contribution in [0.25, 0.3) is 0 Å². The maximum absolute atomic E-state index is 4.63. The topological polar surface area (TPSA) is 31.4 Å². The number of nitrogens with zero attached hydrogens (tertiary/aromatic N) is 3. The third kappa shape index (κ3) is 4.97. The van der Waals surface area contributed by atoms with E-state index >= 15 is 0 Å². The van der Waals surface area contributed by atoms with Gasteiger partial charge in [-0.25, -0.2) is 4.98 Å². The maximum Gasteiger partial charge on any atom is 0.133 e. The minimum atomic E-state index is 0.750. The van der Waals surface area contributed by atoms with Gasteiger partial charge in [-0.15, -0.1) is 0 Å². The van der Waals surface area contributed by atoms with Crippen LogP contribution in [0.5, 0.6) is 0 Å². The van der Waals surface area contributed by atoms with Crippen molar-refractivity contribution in [2.45, 2.75) is 33.7 Å². The van der Waals surface area contributed by atoms with Crippen molar-refractivity contribution in [2.24, 2.45) is 5.92 Å². The average molecular weight is 290 g/mol. The van der Waals surface area contributed by atoms with E-state index in [1.54, 1.807) is 0 Å². The Morgan fingerprint density at radius 1 is 1.24 bits per heavy atom. The lowest BCUT2D eigenvalue weighted by molar-refractivity contribution is 0.230. The summed E-state index contributed by atoms with van der Waals surface area (Å²) in [6, 6.07) is 4.24. The molecule has 4 heteroatoms. The second-order valence-electron chi connectivity index (χ2n) is 6.34. The number of hydrogen-bond donors (Lipinski definition) is 1. The van der Waals surface area contributed by atoms with Crippen LogP contribution in [0.4, 0.5) is 5.82 Å². The second-order valence-corrected chi connectivity index (χ2v) is 6.34. The van der Waals surface area contributed by atoms with Crippen molar-refractivity contribution in [3.63, 3.8) is 0 Å². The van der Waals surface area contributed by atoms with Crippen molar-refractivity contribution in [1.29, 1.82) is 0 Å². The summed E-state index contributed by atoms with van der Waals surface area (Å²) in [4.78, 5) is 9.65. The summed E-state index contributed by atoms with van der Waals surface area (Å²) in [6.45, 7) is 14.5. The van der Waals surface area contributed by atoms with Crippen LogP contribution in [0.15, 0.2) is 18.3 Å². The van der Waals surface area contributed by atoms with Crippen LogP contribution in [0.3, 0.4) is 0 Å². The van der Waals surface area contributed by atoms with E-state index in [0.29, 0.717) is 0 Å². The van der Waals surface area contributed by atoms with Crippen LogP contribution in [0.1, 0.15) is 32.8 Å². The normalized spacial score (nSPS) is 16.7. The molecule has 1 saturated heterocycles. The van der Waals surface area contributed by atoms with Crippen LogP contribution in [0, 0.1) is 5.92 Å². The van der Waals surface area contributed by atoms with Crippen molar-refractivity contribution in [3.8, 4) is 0 Å². The van der Waals surface area contributed by atoms with Gasteiger partial charge in [0.15, 0.2) is 0 Å². The third-order valence-electron chi connectivity index (χ3n) is 3.90. The predicted molar refractivity (Wildman–Crippen MR) is 89.7 cm³/mol. The number of hydrogen-bond acceptors (Lipinski definition) is 4. The molecule has 0 aliphatic carbocycles. The Morgan fingerprint density at radius 3 is 2.67 bits per heavy atom. The van der Waals surface area contributed by atoms with Crippen LogP contribution in [-0.2, 0) is 6.54 Å². The van der Waals surface area contributed by atoms with Gasteiger partial charge in [-0.05, 0) is 24.9 Å². The highest BCUT2D eigenvalue weighted by Gasteiger charge is 2.20. The minimum absolute atomic E-state index is 0.750. The molecule has 1 aromatic heterocycles. The first kappa shape index (κ1) is 16.2. The Kier molecular flexibility index (Phi) is 6.46. The zero-order valence-corrected chi connectivity index (χ0v) is 13.8. The van der Waals surface area contributed by atoms with E-state index in [0.717, 1.165) is 45.2 Å². The van der Waals surface area contributed by atoms with Crippen molar-refractivity contribution in [1.82, 2.24) is 15.2 Å². The number of nitrogens with one attached hydrogen (secondary N) is 1. The van der Waals surface area contributed by atoms with Gasteiger partial charge < -0.3 is 10.2 Å². The third-order valence-corrected chi connectivity index (χ3v) is 3.90. The SMILES string of the molecule is CCCNCc1cccnc1N1CCN(CC(C)C)CC1. The van der Waals surface area contributed by atoms with Crippen LogP contribution in [0.2, 0.25) is 0 Å². The lowest BCUT2D eigenvalue weighted by Crippen LogP contribution is -2.48. The molecule has 1 N–H and O–H groups in total. The van der Waals surface area contributed by atoms with Crippen LogP contribution in [-0.4, -0.2) is 49.2 Å². The number of aromatic nitrogens is 1. The highest BCUT2D eigenvalue weighted by atomic mass is 15.3. The van der Waals surface area contributed by atoms with Gasteiger partial charge in [0.05, 0.1) is 0 Å². The maximum atomic E-state index is 4.63. The van der Waals surface area contributed by atoms with Gasteiger partial charge in [0.25, 0.3) is 0 Å². The van der Waals surface area contributed by atoms with Gasteiger partial charge in [0, 0.05) is 51.0 Å². The largest absolute Gasteiger partial charge is 0.354 e. The Balaban J connectivity index is 1.93. The zero-order chi connectivity index (χ0) is 15.1. The lowest BCUT2D eigenvalue weighted by atomic mass is 10.1. The van der Waals surface area contributed by atoms with E-state index in [4.69, 9.17) is 0 Å². The van der Waals surface area contributed by atoms with E-state index < -0.39 is 0 Å². The smallest absolute Gasteiger partial charge is 0.133 e. The molecule has 2 heterocycles. The van der Waals surface area contributed by atoms with Gasteiger partial charge >= 0.3 is 0 Å². The average Bonchev–Trinajstić information content (AvgIpc) is 2.48. The van der Waals surface area contributed by atoms with Crippen molar-refractivity contribution >= 4 is 5.82 Å². The van der Waals surface area contributed by atoms with Crippen molar-refractivity contribution in [3.05, 3.63) is 23.9 Å². The van der Waals surface area contributed by atoms with Crippen molar-refractivity contribution in [2.75, 3.05) is 44.2 Å². The van der Waals surface area contributed by atoms with Crippen LogP contribution < -0.4 is 10.2 Å². The summed E-state index contributed by atoms with van der Waals surface area (Å²) in [7, 11) is 0. The molecule has 0 bridgehead atoms. The van der Waals surface area contributed by atoms with Gasteiger partial charge in [0.2, 0.25) is 0 Å². The van der Waals surface area contributed by atoms with E-state index in [1.807, 2.05) is 12.3 Å². The van der Waals surface area contributed by atoms with E-state index in [9.17, 15) is 0 Å². The molecule has 0 spiro atoms. The van der Waals surface area contributed by atoms with Gasteiger partial charge in [-0.2, -0.15) is 0 Å². The number of rotatable bonds is 7. The highest BCUT2D eigenvalue weighted by molar-refractivity contribution is 5.47. The van der Waals surface area contributed by atoms with E-state index in [1.165, 1.54) is 24.3 Å². The summed E-state index contributed by atoms with van der Waals surface area (Å²) in [5.41, 5.74) is 1.32. The number of piperazine rings is 1. The monoisotopic (exact) mass is 290 g/mol. The lowest BCUT2D eigenvalue weighted by Gasteiger charge is -2.37. The molecule has 0 aromatic carbocycles. The van der Waals surface area contributed by atoms with Gasteiger partial charge in [-0.1, -0.05) is 26.8 Å². The molecule has 21 heavy (non-hydrogen) atoms. The second kappa shape index (κ2) is 8.35. The summed E-state index contributed by atoms with van der Waals surface area (Å²) in [5, 5.41) is 3.49. The molecule has 0 radical (unpaired) electrons. The molecule has 0 atom stereocenters. The first-order valence-corrected chi connectivity index (χ1v) is 8.32. The fourth-order valence-electron chi connectivity index (χ4n) is 2.91. The van der Waals surface area contributed by atoms with E-state index in [2.05, 4.69) is 46.9 Å². The quantitative estimate of drug-likeness (QED) is 0.781. The molecule has 1 aliphatic heterocycles.